The van der Waals surface area contributed by atoms with Gasteiger partial charge >= 0.3 is 0 Å². The van der Waals surface area contributed by atoms with Crippen LogP contribution in [0.15, 0.2) is 0 Å². The Morgan fingerprint density at radius 3 is 1.43 bits per heavy atom. The van der Waals surface area contributed by atoms with Gasteiger partial charge < -0.3 is 0 Å². The zero-order chi connectivity index (χ0) is 6.08. The minimum Gasteiger partial charge on any atom is -0.0660 e. The van der Waals surface area contributed by atoms with Crippen molar-refractivity contribution in [1.82, 2.24) is 0 Å². The first-order valence-corrected chi connectivity index (χ1v) is 8.40. The van der Waals surface area contributed by atoms with Crippen LogP contribution in [0, 0.1) is 0 Å². The van der Waals surface area contributed by atoms with Crippen molar-refractivity contribution in [2.45, 2.75) is 9.90 Å². The van der Waals surface area contributed by atoms with Crippen molar-refractivity contribution in [2.75, 3.05) is 0 Å². The van der Waals surface area contributed by atoms with Gasteiger partial charge in [-0.1, -0.05) is 31.9 Å². The maximum absolute atomic E-state index is 3.39. The summed E-state index contributed by atoms with van der Waals surface area (Å²) < 4.78 is 0.0231. The monoisotopic (exact) mass is 374 g/mol. The number of hydrogen-bond donors (Lipinski definition) is 0. The van der Waals surface area contributed by atoms with Gasteiger partial charge in [-0.05, 0) is 37.9 Å². The van der Waals surface area contributed by atoms with Crippen LogP contribution in [0.3, 0.4) is 0 Å². The smallest absolute Gasteiger partial charge is 0.0660 e. The molecule has 0 radical (unpaired) electrons. The largest absolute Gasteiger partial charge is 0.117 e. The van der Waals surface area contributed by atoms with Gasteiger partial charge in [-0.2, -0.15) is 0 Å². The molecule has 0 saturated carbocycles. The van der Waals surface area contributed by atoms with E-state index in [2.05, 4.69) is 62.8 Å². The van der Waals surface area contributed by atoms with Gasteiger partial charge in [0, 0.05) is 0 Å². The second-order valence-corrected chi connectivity index (χ2v) is 15.0. The molecule has 0 fully saturated rings. The molecule has 0 heterocycles. The second kappa shape index (κ2) is 3.50. The van der Waals surface area contributed by atoms with E-state index in [1.807, 2.05) is 6.92 Å². The molecule has 0 aliphatic heterocycles. The third-order valence-corrected chi connectivity index (χ3v) is 13.0. The van der Waals surface area contributed by atoms with E-state index in [0.717, 1.165) is 0 Å². The normalized spacial score (nSPS) is 12.9. The maximum Gasteiger partial charge on any atom is 0.117 e. The second-order valence-electron chi connectivity index (χ2n) is 1.07. The fraction of sp³-hybridized carbons (Fsp3) is 1.00. The number of alkyl halides is 2. The lowest BCUT2D eigenvalue weighted by molar-refractivity contribution is 1.38. The Morgan fingerprint density at radius 2 is 1.43 bits per heavy atom. The zero-order valence-electron chi connectivity index (χ0n) is 3.46. The molecule has 0 aliphatic rings. The molecule has 0 aromatic carbocycles. The predicted octanol–water partition coefficient (Wildman–Crippen LogP) is 4.55. The van der Waals surface area contributed by atoms with Crippen molar-refractivity contribution in [3.63, 3.8) is 0 Å². The Kier molecular flexibility index (Phi) is 4.68. The van der Waals surface area contributed by atoms with Crippen LogP contribution in [0.1, 0.15) is 6.92 Å². The quantitative estimate of drug-likeness (QED) is 0.464. The standard InChI is InChI=1S/C2H3Br4P/c1-2(3,4)7(5)6/h1H3. The van der Waals surface area contributed by atoms with Gasteiger partial charge in [-0.3, -0.25) is 0 Å². The fourth-order valence-electron chi connectivity index (χ4n) is 0. The van der Waals surface area contributed by atoms with Crippen LogP contribution in [0.4, 0.5) is 0 Å². The summed E-state index contributed by atoms with van der Waals surface area (Å²) in [4.78, 5) is 0. The molecule has 0 atom stereocenters. The summed E-state index contributed by atoms with van der Waals surface area (Å²) in [6.07, 6.45) is 0. The first-order chi connectivity index (χ1) is 2.94. The summed E-state index contributed by atoms with van der Waals surface area (Å²) in [5.41, 5.74) is 0. The molecule has 0 rings (SSSR count). The Balaban J connectivity index is 3.54. The minimum absolute atomic E-state index is 0.0231. The summed E-state index contributed by atoms with van der Waals surface area (Å²) in [6.45, 7) is 2.03. The van der Waals surface area contributed by atoms with Crippen molar-refractivity contribution >= 4 is 68.2 Å². The molecular weight excluding hydrogens is 375 g/mol. The van der Waals surface area contributed by atoms with E-state index in [4.69, 9.17) is 0 Å². The van der Waals surface area contributed by atoms with Gasteiger partial charge in [0.2, 0.25) is 0 Å². The Morgan fingerprint density at radius 1 is 1.29 bits per heavy atom. The topological polar surface area (TPSA) is 0 Å². The lowest BCUT2D eigenvalue weighted by atomic mass is 11.0. The number of halogens is 4. The third kappa shape index (κ3) is 4.83. The summed E-state index contributed by atoms with van der Waals surface area (Å²) in [6, 6.07) is 0. The predicted molar refractivity (Wildman–Crippen MR) is 51.0 cm³/mol. The van der Waals surface area contributed by atoms with Crippen LogP contribution >= 0.6 is 68.2 Å². The van der Waals surface area contributed by atoms with Crippen molar-refractivity contribution in [1.29, 1.82) is 0 Å². The molecule has 5 heteroatoms. The maximum atomic E-state index is 3.39. The van der Waals surface area contributed by atoms with E-state index in [9.17, 15) is 0 Å². The molecule has 0 nitrogen and oxygen atoms in total. The zero-order valence-corrected chi connectivity index (χ0v) is 10.7. The molecule has 0 aromatic rings. The molecule has 7 heavy (non-hydrogen) atoms. The van der Waals surface area contributed by atoms with Crippen LogP contribution in [0.5, 0.6) is 0 Å². The molecule has 0 saturated heterocycles. The van der Waals surface area contributed by atoms with Crippen LogP contribution < -0.4 is 0 Å². The fourth-order valence-corrected chi connectivity index (χ4v) is 0. The van der Waals surface area contributed by atoms with Gasteiger partial charge in [0.1, 0.15) is 2.97 Å². The molecule has 44 valence electrons. The van der Waals surface area contributed by atoms with Crippen molar-refractivity contribution in [3.8, 4) is 0 Å². The lowest BCUT2D eigenvalue weighted by Gasteiger charge is -2.13. The van der Waals surface area contributed by atoms with E-state index in [1.54, 1.807) is 0 Å². The number of hydrogen-bond acceptors (Lipinski definition) is 0. The SMILES string of the molecule is CC(Br)(Br)P(Br)Br. The van der Waals surface area contributed by atoms with Gasteiger partial charge in [-0.15, -0.1) is 0 Å². The van der Waals surface area contributed by atoms with Gasteiger partial charge in [0.25, 0.3) is 0 Å². The Labute approximate surface area is 77.3 Å². The summed E-state index contributed by atoms with van der Waals surface area (Å²) in [5.74, 6) is 0. The van der Waals surface area contributed by atoms with Gasteiger partial charge in [0.05, 0.1) is 5.33 Å². The Bertz CT molecular complexity index is 55.2. The molecule has 0 spiro atoms. The summed E-state index contributed by atoms with van der Waals surface area (Å²) >= 11 is 13.6. The highest BCUT2D eigenvalue weighted by molar-refractivity contribution is 9.71. The van der Waals surface area contributed by atoms with Crippen LogP contribution in [-0.4, -0.2) is 2.97 Å². The lowest BCUT2D eigenvalue weighted by Crippen LogP contribution is -1.91. The van der Waals surface area contributed by atoms with Crippen LogP contribution in [0.25, 0.3) is 0 Å². The Hall–Kier alpha value is 2.35. The van der Waals surface area contributed by atoms with Crippen LogP contribution in [-0.2, 0) is 0 Å². The molecule has 0 bridgehead atoms. The molecule has 0 aromatic heterocycles. The summed E-state index contributed by atoms with van der Waals surface area (Å²) in [7, 11) is 0. The van der Waals surface area contributed by atoms with E-state index in [-0.39, 0.29) is 8.30 Å². The molecule has 0 unspecified atom stereocenters. The minimum atomic E-state index is -0.283. The average Bonchev–Trinajstić information content (AvgIpc) is 1.31. The molecule has 0 N–H and O–H groups in total. The van der Waals surface area contributed by atoms with Gasteiger partial charge in [0.15, 0.2) is 0 Å². The average molecular weight is 378 g/mol. The van der Waals surface area contributed by atoms with Crippen molar-refractivity contribution < 1.29 is 0 Å². The van der Waals surface area contributed by atoms with Crippen molar-refractivity contribution in [3.05, 3.63) is 0 Å². The van der Waals surface area contributed by atoms with E-state index >= 15 is 0 Å². The summed E-state index contributed by atoms with van der Waals surface area (Å²) in [5, 5.41) is -0.283. The molecular formula is C2H3Br4P. The van der Waals surface area contributed by atoms with Crippen molar-refractivity contribution in [2.24, 2.45) is 0 Å². The molecule has 0 aliphatic carbocycles. The first kappa shape index (κ1) is 9.35. The highest BCUT2D eigenvalue weighted by Gasteiger charge is 2.22. The van der Waals surface area contributed by atoms with E-state index < -0.39 is 0 Å². The third-order valence-electron chi connectivity index (χ3n) is 0.297. The number of rotatable bonds is 1. The first-order valence-electron chi connectivity index (χ1n) is 1.44. The van der Waals surface area contributed by atoms with E-state index in [1.165, 1.54) is 0 Å². The molecule has 0 amide bonds. The van der Waals surface area contributed by atoms with Gasteiger partial charge in [-0.25, -0.2) is 0 Å². The van der Waals surface area contributed by atoms with Crippen LogP contribution in [0.2, 0.25) is 0 Å². The highest BCUT2D eigenvalue weighted by atomic mass is 79.9. The highest BCUT2D eigenvalue weighted by Crippen LogP contribution is 2.68. The van der Waals surface area contributed by atoms with E-state index in [0.29, 0.717) is 0 Å².